The number of carbonyl (C=O) groups excluding carboxylic acids is 1. The molecule has 1 N–H and O–H groups in total. The number of nitrogens with one attached hydrogen (secondary N) is 1. The first-order valence-corrected chi connectivity index (χ1v) is 7.40. The largest absolute Gasteiger partial charge is 0.495 e. The number of anilines is 1. The fourth-order valence-electron chi connectivity index (χ4n) is 1.89. The fourth-order valence-corrected chi connectivity index (χ4v) is 2.73. The Hall–Kier alpha value is -2.32. The summed E-state index contributed by atoms with van der Waals surface area (Å²) in [6.45, 7) is 0. The van der Waals surface area contributed by atoms with Crippen LogP contribution in [-0.4, -0.2) is 34.7 Å². The number of fused-ring (bicyclic) bond motifs is 1. The smallest absolute Gasteiger partial charge is 0.276 e. The van der Waals surface area contributed by atoms with E-state index < -0.39 is 0 Å². The quantitative estimate of drug-likeness (QED) is 0.791. The molecule has 22 heavy (non-hydrogen) atoms. The lowest BCUT2D eigenvalue weighted by Gasteiger charge is -2.12. The summed E-state index contributed by atoms with van der Waals surface area (Å²) in [4.78, 5) is 17.1. The third-order valence-electron chi connectivity index (χ3n) is 2.94. The van der Waals surface area contributed by atoms with Crippen LogP contribution >= 0.6 is 22.9 Å². The van der Waals surface area contributed by atoms with E-state index in [0.29, 0.717) is 27.2 Å². The Balaban J connectivity index is 1.91. The van der Waals surface area contributed by atoms with Gasteiger partial charge in [0.05, 0.1) is 31.1 Å². The van der Waals surface area contributed by atoms with Gasteiger partial charge in [-0.25, -0.2) is 9.50 Å². The number of imidazole rings is 1. The summed E-state index contributed by atoms with van der Waals surface area (Å²) in [7, 11) is 2.98. The van der Waals surface area contributed by atoms with Crippen LogP contribution in [0.2, 0.25) is 5.02 Å². The van der Waals surface area contributed by atoms with E-state index in [0.717, 1.165) is 0 Å². The minimum Gasteiger partial charge on any atom is -0.495 e. The number of ether oxygens (including phenoxy) is 2. The maximum absolute atomic E-state index is 12.3. The Bertz CT molecular complexity index is 817. The molecule has 1 aromatic carbocycles. The van der Waals surface area contributed by atoms with Gasteiger partial charge in [0.25, 0.3) is 5.91 Å². The molecule has 0 spiro atoms. The number of hydrogen-bond donors (Lipinski definition) is 1. The molecule has 0 aliphatic rings. The van der Waals surface area contributed by atoms with Crippen molar-refractivity contribution < 1.29 is 14.3 Å². The van der Waals surface area contributed by atoms with E-state index in [4.69, 9.17) is 21.1 Å². The number of nitrogens with zero attached hydrogens (tertiary/aromatic N) is 3. The standard InChI is InChI=1S/C13H11ClN4O3S/c1-20-10-4-8(11(21-2)3-7(10)14)16-12(19)9-5-18-13(17-9)22-6-15-18/h3-6H,1-2H3,(H,16,19). The van der Waals surface area contributed by atoms with Gasteiger partial charge in [0.1, 0.15) is 22.7 Å². The summed E-state index contributed by atoms with van der Waals surface area (Å²) in [5.74, 6) is 0.490. The van der Waals surface area contributed by atoms with Crippen molar-refractivity contribution in [1.82, 2.24) is 14.6 Å². The van der Waals surface area contributed by atoms with Crippen molar-refractivity contribution in [3.05, 3.63) is 34.6 Å². The average molecular weight is 339 g/mol. The molecule has 0 aliphatic heterocycles. The highest BCUT2D eigenvalue weighted by atomic mass is 35.5. The lowest BCUT2D eigenvalue weighted by atomic mass is 10.2. The summed E-state index contributed by atoms with van der Waals surface area (Å²) >= 11 is 7.38. The summed E-state index contributed by atoms with van der Waals surface area (Å²) < 4.78 is 11.9. The number of amides is 1. The molecule has 0 aliphatic carbocycles. The van der Waals surface area contributed by atoms with Crippen LogP contribution < -0.4 is 14.8 Å². The Kier molecular flexibility index (Phi) is 3.86. The average Bonchev–Trinajstić information content (AvgIpc) is 3.09. The molecule has 2 heterocycles. The highest BCUT2D eigenvalue weighted by Crippen LogP contribution is 2.36. The summed E-state index contributed by atoms with van der Waals surface area (Å²) in [6.07, 6.45) is 1.56. The summed E-state index contributed by atoms with van der Waals surface area (Å²) in [5, 5.41) is 7.15. The summed E-state index contributed by atoms with van der Waals surface area (Å²) in [5.41, 5.74) is 2.35. The lowest BCUT2D eigenvalue weighted by molar-refractivity contribution is 0.102. The minimum atomic E-state index is -0.375. The molecule has 9 heteroatoms. The van der Waals surface area contributed by atoms with Crippen molar-refractivity contribution in [3.63, 3.8) is 0 Å². The predicted octanol–water partition coefficient (Wildman–Crippen LogP) is 2.71. The Morgan fingerprint density at radius 2 is 2.09 bits per heavy atom. The highest BCUT2D eigenvalue weighted by molar-refractivity contribution is 7.14. The van der Waals surface area contributed by atoms with Gasteiger partial charge in [-0.2, -0.15) is 5.10 Å². The van der Waals surface area contributed by atoms with E-state index in [1.807, 2.05) is 0 Å². The normalized spacial score (nSPS) is 10.7. The van der Waals surface area contributed by atoms with Crippen molar-refractivity contribution in [2.75, 3.05) is 19.5 Å². The van der Waals surface area contributed by atoms with Crippen molar-refractivity contribution >= 4 is 39.5 Å². The van der Waals surface area contributed by atoms with Gasteiger partial charge in [0.15, 0.2) is 0 Å². The first-order chi connectivity index (χ1) is 10.6. The molecule has 0 bridgehead atoms. The zero-order valence-corrected chi connectivity index (χ0v) is 13.2. The number of aromatic nitrogens is 3. The van der Waals surface area contributed by atoms with Gasteiger partial charge in [-0.3, -0.25) is 4.79 Å². The van der Waals surface area contributed by atoms with Gasteiger partial charge in [0, 0.05) is 12.1 Å². The first kappa shape index (κ1) is 14.6. The second-order valence-corrected chi connectivity index (χ2v) is 5.45. The van der Waals surface area contributed by atoms with E-state index in [9.17, 15) is 4.79 Å². The zero-order chi connectivity index (χ0) is 15.7. The van der Waals surface area contributed by atoms with Gasteiger partial charge in [-0.1, -0.05) is 22.9 Å². The minimum absolute atomic E-state index is 0.260. The number of rotatable bonds is 4. The maximum Gasteiger partial charge on any atom is 0.276 e. The molecule has 114 valence electrons. The van der Waals surface area contributed by atoms with Crippen molar-refractivity contribution in [3.8, 4) is 11.5 Å². The number of benzene rings is 1. The zero-order valence-electron chi connectivity index (χ0n) is 11.7. The second-order valence-electron chi connectivity index (χ2n) is 4.23. The van der Waals surface area contributed by atoms with E-state index >= 15 is 0 Å². The van der Waals surface area contributed by atoms with Crippen molar-refractivity contribution in [2.24, 2.45) is 0 Å². The molecule has 1 amide bonds. The predicted molar refractivity (Wildman–Crippen MR) is 83.4 cm³/mol. The fraction of sp³-hybridized carbons (Fsp3) is 0.154. The van der Waals surface area contributed by atoms with Crippen LogP contribution in [0.15, 0.2) is 23.8 Å². The van der Waals surface area contributed by atoms with E-state index in [1.54, 1.807) is 28.4 Å². The molecular weight excluding hydrogens is 328 g/mol. The third-order valence-corrected chi connectivity index (χ3v) is 3.93. The van der Waals surface area contributed by atoms with Gasteiger partial charge in [-0.05, 0) is 0 Å². The van der Waals surface area contributed by atoms with Gasteiger partial charge >= 0.3 is 0 Å². The monoisotopic (exact) mass is 338 g/mol. The Morgan fingerprint density at radius 3 is 2.77 bits per heavy atom. The topological polar surface area (TPSA) is 77.8 Å². The molecule has 7 nitrogen and oxygen atoms in total. The third kappa shape index (κ3) is 2.58. The van der Waals surface area contributed by atoms with Gasteiger partial charge in [0.2, 0.25) is 4.96 Å². The van der Waals surface area contributed by atoms with Crippen LogP contribution in [0.3, 0.4) is 0 Å². The van der Waals surface area contributed by atoms with Crippen LogP contribution in [0.1, 0.15) is 10.5 Å². The molecule has 3 rings (SSSR count). The van der Waals surface area contributed by atoms with Crippen LogP contribution in [0, 0.1) is 0 Å². The molecule has 0 saturated carbocycles. The summed E-state index contributed by atoms with van der Waals surface area (Å²) in [6, 6.07) is 3.17. The first-order valence-electron chi connectivity index (χ1n) is 6.14. The Morgan fingerprint density at radius 1 is 1.32 bits per heavy atom. The van der Waals surface area contributed by atoms with Crippen LogP contribution in [0.25, 0.3) is 4.96 Å². The molecule has 3 aromatic rings. The molecule has 0 unspecified atom stereocenters. The molecule has 0 fully saturated rings. The highest BCUT2D eigenvalue weighted by Gasteiger charge is 2.16. The lowest BCUT2D eigenvalue weighted by Crippen LogP contribution is -2.13. The number of hydrogen-bond acceptors (Lipinski definition) is 6. The molecular formula is C13H11ClN4O3S. The van der Waals surface area contributed by atoms with E-state index in [-0.39, 0.29) is 11.6 Å². The molecule has 0 atom stereocenters. The van der Waals surface area contributed by atoms with Crippen LogP contribution in [-0.2, 0) is 0 Å². The van der Waals surface area contributed by atoms with E-state index in [2.05, 4.69) is 15.4 Å². The molecule has 0 saturated heterocycles. The van der Waals surface area contributed by atoms with Crippen molar-refractivity contribution in [2.45, 2.75) is 0 Å². The van der Waals surface area contributed by atoms with Gasteiger partial charge < -0.3 is 14.8 Å². The molecule has 0 radical (unpaired) electrons. The second kappa shape index (κ2) is 5.82. The van der Waals surface area contributed by atoms with Crippen molar-refractivity contribution in [1.29, 1.82) is 0 Å². The number of halogens is 1. The molecule has 2 aromatic heterocycles. The van der Waals surface area contributed by atoms with Crippen LogP contribution in [0.4, 0.5) is 5.69 Å². The van der Waals surface area contributed by atoms with Crippen LogP contribution in [0.5, 0.6) is 11.5 Å². The van der Waals surface area contributed by atoms with E-state index in [1.165, 1.54) is 25.6 Å². The number of methoxy groups -OCH3 is 2. The maximum atomic E-state index is 12.3. The number of carbonyl (C=O) groups is 1. The Labute approximate surface area is 134 Å². The van der Waals surface area contributed by atoms with Gasteiger partial charge in [-0.15, -0.1) is 0 Å². The SMILES string of the molecule is COc1cc(NC(=O)c2cn3ncsc3n2)c(OC)cc1Cl.